The molecule has 0 spiro atoms. The van der Waals surface area contributed by atoms with Gasteiger partial charge < -0.3 is 5.11 Å². The Morgan fingerprint density at radius 1 is 0.889 bits per heavy atom. The molecule has 18 heavy (non-hydrogen) atoms. The molecule has 94 valence electrons. The van der Waals surface area contributed by atoms with E-state index in [0.29, 0.717) is 10.0 Å². The van der Waals surface area contributed by atoms with Crippen LogP contribution in [0.25, 0.3) is 0 Å². The number of aliphatic hydroxyl groups excluding tert-OH is 1. The second-order valence-corrected chi connectivity index (χ2v) is 5.21. The molecule has 2 atom stereocenters. The summed E-state index contributed by atoms with van der Waals surface area (Å²) in [6.07, 6.45) is -0.579. The Kier molecular flexibility index (Phi) is 4.28. The zero-order valence-corrected chi connectivity index (χ0v) is 11.5. The van der Waals surface area contributed by atoms with Crippen molar-refractivity contribution in [2.45, 2.75) is 18.9 Å². The van der Waals surface area contributed by atoms with Crippen LogP contribution in [0.15, 0.2) is 48.5 Å². The number of hydrogen-bond acceptors (Lipinski definition) is 1. The molecule has 0 bridgehead atoms. The van der Waals surface area contributed by atoms with Gasteiger partial charge in [0.15, 0.2) is 0 Å². The first-order valence-electron chi connectivity index (χ1n) is 5.77. The Morgan fingerprint density at radius 3 is 2.17 bits per heavy atom. The third-order valence-corrected chi connectivity index (χ3v) is 3.55. The monoisotopic (exact) mass is 280 g/mol. The molecule has 0 radical (unpaired) electrons. The molecule has 2 rings (SSSR count). The van der Waals surface area contributed by atoms with Gasteiger partial charge in [-0.1, -0.05) is 54.4 Å². The molecule has 1 nitrogen and oxygen atoms in total. The molecule has 0 saturated heterocycles. The van der Waals surface area contributed by atoms with Gasteiger partial charge in [0.1, 0.15) is 0 Å². The summed E-state index contributed by atoms with van der Waals surface area (Å²) in [4.78, 5) is 0. The molecule has 2 aromatic rings. The van der Waals surface area contributed by atoms with Crippen LogP contribution in [0.1, 0.15) is 30.1 Å². The number of hydrogen-bond donors (Lipinski definition) is 1. The minimum Gasteiger partial charge on any atom is -0.388 e. The average molecular weight is 281 g/mol. The predicted molar refractivity (Wildman–Crippen MR) is 76.3 cm³/mol. The lowest BCUT2D eigenvalue weighted by Gasteiger charge is -2.20. The van der Waals surface area contributed by atoms with Crippen molar-refractivity contribution >= 4 is 23.2 Å². The second kappa shape index (κ2) is 5.75. The zero-order chi connectivity index (χ0) is 13.1. The predicted octanol–water partition coefficient (Wildman–Crippen LogP) is 4.83. The standard InChI is InChI=1S/C15H14Cl2O/c1-10(11-5-7-13(16)8-6-11)15(18)12-3-2-4-14(17)9-12/h2-10,15,18H,1H3/t10-,15?/m0/s1. The third-order valence-electron chi connectivity index (χ3n) is 3.06. The molecule has 0 aliphatic rings. The summed E-state index contributed by atoms with van der Waals surface area (Å²) in [6, 6.07) is 14.8. The molecule has 0 aromatic heterocycles. The van der Waals surface area contributed by atoms with Gasteiger partial charge in [-0.3, -0.25) is 0 Å². The average Bonchev–Trinajstić information content (AvgIpc) is 2.38. The molecule has 0 aliphatic heterocycles. The van der Waals surface area contributed by atoms with Gasteiger partial charge in [-0.05, 0) is 35.4 Å². The highest BCUT2D eigenvalue weighted by Gasteiger charge is 2.18. The van der Waals surface area contributed by atoms with Gasteiger partial charge in [-0.15, -0.1) is 0 Å². The van der Waals surface area contributed by atoms with Crippen molar-refractivity contribution in [3.8, 4) is 0 Å². The summed E-state index contributed by atoms with van der Waals surface area (Å²) in [7, 11) is 0. The van der Waals surface area contributed by atoms with Crippen LogP contribution in [0.2, 0.25) is 10.0 Å². The maximum atomic E-state index is 10.3. The first-order chi connectivity index (χ1) is 8.58. The van der Waals surface area contributed by atoms with Crippen molar-refractivity contribution in [2.24, 2.45) is 0 Å². The first-order valence-corrected chi connectivity index (χ1v) is 6.52. The molecule has 3 heteroatoms. The third kappa shape index (κ3) is 3.05. The van der Waals surface area contributed by atoms with E-state index in [4.69, 9.17) is 23.2 Å². The molecule has 0 fully saturated rings. The van der Waals surface area contributed by atoms with Crippen molar-refractivity contribution in [2.75, 3.05) is 0 Å². The highest BCUT2D eigenvalue weighted by Crippen LogP contribution is 2.31. The molecule has 2 aromatic carbocycles. The van der Waals surface area contributed by atoms with E-state index in [1.165, 1.54) is 0 Å². The first kappa shape index (κ1) is 13.4. The molecular formula is C15H14Cl2O. The van der Waals surface area contributed by atoms with Crippen LogP contribution in [0.4, 0.5) is 0 Å². The van der Waals surface area contributed by atoms with Crippen molar-refractivity contribution in [1.82, 2.24) is 0 Å². The summed E-state index contributed by atoms with van der Waals surface area (Å²) in [5.74, 6) is -0.0132. The molecule has 0 saturated carbocycles. The van der Waals surface area contributed by atoms with Gasteiger partial charge >= 0.3 is 0 Å². The van der Waals surface area contributed by atoms with Gasteiger partial charge in [-0.25, -0.2) is 0 Å². The number of halogens is 2. The summed E-state index contributed by atoms with van der Waals surface area (Å²) >= 11 is 11.8. The van der Waals surface area contributed by atoms with Crippen LogP contribution in [-0.2, 0) is 0 Å². The van der Waals surface area contributed by atoms with Crippen LogP contribution in [0.3, 0.4) is 0 Å². The maximum absolute atomic E-state index is 10.3. The van der Waals surface area contributed by atoms with Gasteiger partial charge in [0.05, 0.1) is 6.10 Å². The maximum Gasteiger partial charge on any atom is 0.0856 e. The number of benzene rings is 2. The topological polar surface area (TPSA) is 20.2 Å². The Bertz CT molecular complexity index is 522. The van der Waals surface area contributed by atoms with Crippen molar-refractivity contribution < 1.29 is 5.11 Å². The summed E-state index contributed by atoms with van der Waals surface area (Å²) in [5.41, 5.74) is 1.87. The van der Waals surface area contributed by atoms with Gasteiger partial charge in [0.25, 0.3) is 0 Å². The zero-order valence-electron chi connectivity index (χ0n) is 9.98. The van der Waals surface area contributed by atoms with Crippen LogP contribution in [0, 0.1) is 0 Å². The minimum absolute atomic E-state index is 0.0132. The molecule has 1 unspecified atom stereocenters. The van der Waals surface area contributed by atoms with E-state index in [0.717, 1.165) is 11.1 Å². The highest BCUT2D eigenvalue weighted by atomic mass is 35.5. The lowest BCUT2D eigenvalue weighted by Crippen LogP contribution is -2.07. The van der Waals surface area contributed by atoms with E-state index < -0.39 is 6.10 Å². The van der Waals surface area contributed by atoms with Crippen molar-refractivity contribution in [1.29, 1.82) is 0 Å². The van der Waals surface area contributed by atoms with E-state index in [9.17, 15) is 5.11 Å². The molecule has 0 amide bonds. The molecular weight excluding hydrogens is 267 g/mol. The normalized spacial score (nSPS) is 14.2. The molecule has 0 heterocycles. The van der Waals surface area contributed by atoms with Crippen molar-refractivity contribution in [3.63, 3.8) is 0 Å². The van der Waals surface area contributed by atoms with E-state index in [2.05, 4.69) is 0 Å². The molecule has 0 aliphatic carbocycles. The summed E-state index contributed by atoms with van der Waals surface area (Å²) < 4.78 is 0. The molecule has 1 N–H and O–H groups in total. The smallest absolute Gasteiger partial charge is 0.0856 e. The number of aliphatic hydroxyl groups is 1. The van der Waals surface area contributed by atoms with Crippen molar-refractivity contribution in [3.05, 3.63) is 69.7 Å². The minimum atomic E-state index is -0.579. The fraction of sp³-hybridized carbons (Fsp3) is 0.200. The highest BCUT2D eigenvalue weighted by molar-refractivity contribution is 6.30. The Balaban J connectivity index is 2.23. The summed E-state index contributed by atoms with van der Waals surface area (Å²) in [5, 5.41) is 11.7. The van der Waals surface area contributed by atoms with Gasteiger partial charge in [-0.2, -0.15) is 0 Å². The fourth-order valence-corrected chi connectivity index (χ4v) is 2.25. The van der Waals surface area contributed by atoms with E-state index >= 15 is 0 Å². The quantitative estimate of drug-likeness (QED) is 0.854. The lowest BCUT2D eigenvalue weighted by atomic mass is 9.91. The Hall–Kier alpha value is -1.02. The van der Waals surface area contributed by atoms with E-state index in [-0.39, 0.29) is 5.92 Å². The Labute approximate surface area is 117 Å². The van der Waals surface area contributed by atoms with E-state index in [1.54, 1.807) is 12.1 Å². The van der Waals surface area contributed by atoms with Gasteiger partial charge in [0.2, 0.25) is 0 Å². The lowest BCUT2D eigenvalue weighted by molar-refractivity contribution is 0.151. The van der Waals surface area contributed by atoms with Gasteiger partial charge in [0, 0.05) is 16.0 Å². The summed E-state index contributed by atoms with van der Waals surface area (Å²) in [6.45, 7) is 1.98. The SMILES string of the molecule is C[C@@H](c1ccc(Cl)cc1)C(O)c1cccc(Cl)c1. The second-order valence-electron chi connectivity index (χ2n) is 4.34. The van der Waals surface area contributed by atoms with Crippen LogP contribution < -0.4 is 0 Å². The largest absolute Gasteiger partial charge is 0.388 e. The van der Waals surface area contributed by atoms with Crippen LogP contribution in [-0.4, -0.2) is 5.11 Å². The van der Waals surface area contributed by atoms with Crippen LogP contribution >= 0.6 is 23.2 Å². The number of rotatable bonds is 3. The van der Waals surface area contributed by atoms with E-state index in [1.807, 2.05) is 43.3 Å². The Morgan fingerprint density at radius 2 is 1.56 bits per heavy atom. The van der Waals surface area contributed by atoms with Crippen LogP contribution in [0.5, 0.6) is 0 Å². The fourth-order valence-electron chi connectivity index (χ4n) is 1.93.